The van der Waals surface area contributed by atoms with Crippen molar-refractivity contribution in [1.29, 1.82) is 0 Å². The lowest BCUT2D eigenvalue weighted by Crippen LogP contribution is -2.25. The summed E-state index contributed by atoms with van der Waals surface area (Å²) >= 11 is 2.01. The summed E-state index contributed by atoms with van der Waals surface area (Å²) in [5.41, 5.74) is 2.42. The molecular weight excluding hydrogens is 344 g/mol. The Labute approximate surface area is 152 Å². The second kappa shape index (κ2) is 7.76. The summed E-state index contributed by atoms with van der Waals surface area (Å²) < 4.78 is 6.61. The van der Waals surface area contributed by atoms with Gasteiger partial charge in [-0.2, -0.15) is 0 Å². The molecule has 0 atom stereocenters. The minimum absolute atomic E-state index is 1.05. The van der Waals surface area contributed by atoms with Crippen LogP contribution in [-0.2, 0) is 4.43 Å². The van der Waals surface area contributed by atoms with Crippen LogP contribution in [0.5, 0.6) is 0 Å². The van der Waals surface area contributed by atoms with Gasteiger partial charge >= 0.3 is 0 Å². The highest BCUT2D eigenvalue weighted by Crippen LogP contribution is 2.42. The molecule has 0 bridgehead atoms. The second-order valence-corrected chi connectivity index (χ2v) is 21.4. The fourth-order valence-corrected chi connectivity index (χ4v) is 6.76. The summed E-state index contributed by atoms with van der Waals surface area (Å²) in [5.74, 6) is 1.05. The molecule has 0 heterocycles. The van der Waals surface area contributed by atoms with Gasteiger partial charge in [0.25, 0.3) is 0 Å². The van der Waals surface area contributed by atoms with Crippen molar-refractivity contribution in [2.75, 3.05) is 0 Å². The van der Waals surface area contributed by atoms with Gasteiger partial charge in [0.2, 0.25) is 8.32 Å². The average Bonchev–Trinajstić information content (AvgIpc) is 2.50. The molecule has 128 valence electrons. The lowest BCUT2D eigenvalue weighted by molar-refractivity contribution is 0.517. The van der Waals surface area contributed by atoms with Crippen molar-refractivity contribution in [2.24, 2.45) is 0 Å². The molecule has 24 heavy (non-hydrogen) atoms. The zero-order valence-corrected chi connectivity index (χ0v) is 18.4. The van der Waals surface area contributed by atoms with E-state index < -0.39 is 15.5 Å². The summed E-state index contributed by atoms with van der Waals surface area (Å²) in [4.78, 5) is 1.28. The van der Waals surface area contributed by atoms with E-state index >= 15 is 0 Å². The third-order valence-electron chi connectivity index (χ3n) is 3.09. The molecule has 2 aromatic rings. The van der Waals surface area contributed by atoms with Gasteiger partial charge in [-0.1, -0.05) is 80.3 Å². The van der Waals surface area contributed by atoms with Gasteiger partial charge in [-0.3, -0.25) is 0 Å². The summed E-state index contributed by atoms with van der Waals surface area (Å²) in [7, 11) is -3.11. The Balaban J connectivity index is 2.67. The van der Waals surface area contributed by atoms with Gasteiger partial charge < -0.3 is 4.43 Å². The molecule has 0 saturated heterocycles. The topological polar surface area (TPSA) is 9.23 Å². The molecule has 0 unspecified atom stereocenters. The van der Waals surface area contributed by atoms with Gasteiger partial charge in [0.05, 0.1) is 4.91 Å². The van der Waals surface area contributed by atoms with Crippen LogP contribution in [0.3, 0.4) is 0 Å². The highest BCUT2D eigenvalue weighted by Gasteiger charge is 2.26. The second-order valence-electron chi connectivity index (χ2n) is 7.82. The molecule has 2 aromatic carbocycles. The first-order chi connectivity index (χ1) is 11.2. The van der Waals surface area contributed by atoms with Crippen LogP contribution in [0.2, 0.25) is 39.3 Å². The van der Waals surface area contributed by atoms with Gasteiger partial charge in [0.15, 0.2) is 0 Å². The minimum Gasteiger partial charge on any atom is -0.543 e. The molecular formula is C20H28OSSi2. The predicted molar refractivity (Wildman–Crippen MR) is 115 cm³/mol. The maximum atomic E-state index is 6.61. The van der Waals surface area contributed by atoms with Crippen molar-refractivity contribution >= 4 is 37.4 Å². The Kier molecular flexibility index (Phi) is 6.18. The normalized spacial score (nSPS) is 13.4. The molecule has 0 aliphatic heterocycles. The SMILES string of the molecule is C[Si](C)(C)O/C(=C(/S[Si](C)(C)C)c1ccccc1)c1ccccc1. The largest absolute Gasteiger partial charge is 0.543 e. The lowest BCUT2D eigenvalue weighted by atomic mass is 10.1. The molecule has 0 amide bonds. The third kappa shape index (κ3) is 6.00. The zero-order chi connectivity index (χ0) is 17.8. The molecule has 0 N–H and O–H groups in total. The molecule has 1 nitrogen and oxygen atoms in total. The van der Waals surface area contributed by atoms with Gasteiger partial charge in [-0.05, 0) is 25.2 Å². The summed E-state index contributed by atoms with van der Waals surface area (Å²) in [6.45, 7) is 13.9. The van der Waals surface area contributed by atoms with Crippen molar-refractivity contribution in [3.8, 4) is 0 Å². The van der Waals surface area contributed by atoms with Crippen LogP contribution in [0.1, 0.15) is 11.1 Å². The van der Waals surface area contributed by atoms with Gasteiger partial charge in [-0.15, -0.1) is 11.2 Å². The van der Waals surface area contributed by atoms with Crippen molar-refractivity contribution in [3.63, 3.8) is 0 Å². The van der Waals surface area contributed by atoms with E-state index in [1.807, 2.05) is 11.2 Å². The molecule has 0 fully saturated rings. The smallest absolute Gasteiger partial charge is 0.242 e. The zero-order valence-electron chi connectivity index (χ0n) is 15.6. The highest BCUT2D eigenvalue weighted by atomic mass is 32.4. The first kappa shape index (κ1) is 19.1. The fourth-order valence-electron chi connectivity index (χ4n) is 2.26. The van der Waals surface area contributed by atoms with Crippen LogP contribution in [0.25, 0.3) is 10.7 Å². The Bertz CT molecular complexity index is 622. The van der Waals surface area contributed by atoms with Crippen molar-refractivity contribution < 1.29 is 4.43 Å². The Morgan fingerprint density at radius 1 is 0.708 bits per heavy atom. The summed E-state index contributed by atoms with van der Waals surface area (Å²) in [6, 6.07) is 21.2. The molecule has 4 heteroatoms. The molecule has 0 saturated carbocycles. The molecule has 0 aliphatic carbocycles. The van der Waals surface area contributed by atoms with E-state index in [4.69, 9.17) is 4.43 Å². The Morgan fingerprint density at radius 3 is 1.58 bits per heavy atom. The summed E-state index contributed by atoms with van der Waals surface area (Å²) in [6.07, 6.45) is 0. The van der Waals surface area contributed by atoms with Crippen LogP contribution in [0.4, 0.5) is 0 Å². The standard InChI is InChI=1S/C20H28OSSi2/c1-23(2,3)21-19(17-13-9-7-10-14-17)20(22-24(4,5)6)18-15-11-8-12-16-18/h7-16H,1-6H3/b20-19+. The lowest BCUT2D eigenvalue weighted by Gasteiger charge is -2.27. The monoisotopic (exact) mass is 372 g/mol. The molecule has 0 aromatic heterocycles. The van der Waals surface area contributed by atoms with Gasteiger partial charge in [0.1, 0.15) is 13.0 Å². The molecule has 0 spiro atoms. The maximum absolute atomic E-state index is 6.61. The van der Waals surface area contributed by atoms with Crippen LogP contribution in [-0.4, -0.2) is 15.5 Å². The number of rotatable bonds is 6. The highest BCUT2D eigenvalue weighted by molar-refractivity contribution is 8.35. The van der Waals surface area contributed by atoms with Gasteiger partial charge in [-0.25, -0.2) is 0 Å². The Hall–Kier alpha value is -1.24. The molecule has 2 rings (SSSR count). The van der Waals surface area contributed by atoms with Crippen LogP contribution < -0.4 is 0 Å². The van der Waals surface area contributed by atoms with Crippen molar-refractivity contribution in [3.05, 3.63) is 71.8 Å². The van der Waals surface area contributed by atoms with Crippen molar-refractivity contribution in [2.45, 2.75) is 39.3 Å². The Morgan fingerprint density at radius 2 is 1.17 bits per heavy atom. The van der Waals surface area contributed by atoms with E-state index in [0.717, 1.165) is 5.76 Å². The van der Waals surface area contributed by atoms with E-state index in [1.54, 1.807) is 0 Å². The van der Waals surface area contributed by atoms with E-state index in [2.05, 4.69) is 99.9 Å². The van der Waals surface area contributed by atoms with E-state index in [0.29, 0.717) is 0 Å². The quantitative estimate of drug-likeness (QED) is 0.309. The molecule has 0 radical (unpaired) electrons. The first-order valence-electron chi connectivity index (χ1n) is 8.39. The molecule has 0 aliphatic rings. The number of benzene rings is 2. The van der Waals surface area contributed by atoms with E-state index in [9.17, 15) is 0 Å². The summed E-state index contributed by atoms with van der Waals surface area (Å²) in [5, 5.41) is 0. The minimum atomic E-state index is -1.73. The predicted octanol–water partition coefficient (Wildman–Crippen LogP) is 6.93. The van der Waals surface area contributed by atoms with E-state index in [1.165, 1.54) is 16.0 Å². The van der Waals surface area contributed by atoms with Gasteiger partial charge in [0, 0.05) is 5.56 Å². The third-order valence-corrected chi connectivity index (χ3v) is 7.60. The fraction of sp³-hybridized carbons (Fsp3) is 0.300. The average molecular weight is 373 g/mol. The van der Waals surface area contributed by atoms with Crippen molar-refractivity contribution in [1.82, 2.24) is 0 Å². The van der Waals surface area contributed by atoms with E-state index in [-0.39, 0.29) is 0 Å². The maximum Gasteiger partial charge on any atom is 0.242 e. The number of hydrogen-bond donors (Lipinski definition) is 0. The number of hydrogen-bond acceptors (Lipinski definition) is 2. The van der Waals surface area contributed by atoms with Crippen LogP contribution in [0, 0.1) is 0 Å². The first-order valence-corrected chi connectivity index (χ1v) is 16.8. The van der Waals surface area contributed by atoms with Crippen LogP contribution in [0.15, 0.2) is 60.7 Å². The van der Waals surface area contributed by atoms with Crippen LogP contribution >= 0.6 is 11.2 Å².